The van der Waals surface area contributed by atoms with Gasteiger partial charge in [0.15, 0.2) is 0 Å². The molecule has 1 aliphatic carbocycles. The van der Waals surface area contributed by atoms with Crippen LogP contribution in [0.2, 0.25) is 0 Å². The van der Waals surface area contributed by atoms with Gasteiger partial charge in [-0.2, -0.15) is 0 Å². The Morgan fingerprint density at radius 3 is 2.56 bits per heavy atom. The van der Waals surface area contributed by atoms with E-state index in [1.54, 1.807) is 12.2 Å². The first-order chi connectivity index (χ1) is 12.9. The largest absolute Gasteiger partial charge is 0.481 e. The second kappa shape index (κ2) is 13.0. The van der Waals surface area contributed by atoms with E-state index in [4.69, 9.17) is 5.11 Å². The van der Waals surface area contributed by atoms with Gasteiger partial charge in [-0.15, -0.1) is 11.8 Å². The molecule has 0 radical (unpaired) electrons. The first kappa shape index (κ1) is 23.7. The number of hydrogen-bond donors (Lipinski definition) is 4. The minimum absolute atomic E-state index is 0.109. The zero-order valence-electron chi connectivity index (χ0n) is 16.0. The normalized spacial score (nSPS) is 21.1. The number of hydrogen-bond acceptors (Lipinski definition) is 5. The molecule has 27 heavy (non-hydrogen) atoms. The van der Waals surface area contributed by atoms with Gasteiger partial charge in [0.1, 0.15) is 0 Å². The maximum atomic E-state index is 11.5. The quantitative estimate of drug-likeness (QED) is 0.260. The molecule has 0 aromatic rings. The van der Waals surface area contributed by atoms with Gasteiger partial charge in [0.05, 0.1) is 12.2 Å². The van der Waals surface area contributed by atoms with Crippen molar-refractivity contribution in [2.45, 2.75) is 76.9 Å². The van der Waals surface area contributed by atoms with Gasteiger partial charge in [-0.05, 0) is 25.0 Å². The van der Waals surface area contributed by atoms with Crippen LogP contribution < -0.4 is 0 Å². The molecule has 0 fully saturated rings. The minimum atomic E-state index is -1.01. The third-order valence-corrected chi connectivity index (χ3v) is 5.95. The predicted molar refractivity (Wildman–Crippen MR) is 107 cm³/mol. The highest BCUT2D eigenvalue weighted by Gasteiger charge is 2.35. The molecular weight excluding hydrogens is 368 g/mol. The number of carboxylic acids is 2. The summed E-state index contributed by atoms with van der Waals surface area (Å²) in [5, 5.41) is 38.4. The molecule has 154 valence electrons. The van der Waals surface area contributed by atoms with Gasteiger partial charge in [0.25, 0.3) is 0 Å². The van der Waals surface area contributed by atoms with Gasteiger partial charge in [0.2, 0.25) is 0 Å². The summed E-state index contributed by atoms with van der Waals surface area (Å²) in [5.74, 6) is -1.54. The Bertz CT molecular complexity index is 543. The molecule has 6 nitrogen and oxygen atoms in total. The maximum Gasteiger partial charge on any atom is 0.332 e. The molecule has 0 bridgehead atoms. The number of aliphatic hydroxyl groups excluding tert-OH is 2. The van der Waals surface area contributed by atoms with Crippen molar-refractivity contribution in [1.82, 2.24) is 0 Å². The minimum Gasteiger partial charge on any atom is -0.481 e. The molecule has 0 saturated carbocycles. The Labute approximate surface area is 165 Å². The van der Waals surface area contributed by atoms with Crippen LogP contribution in [0.15, 0.2) is 22.6 Å². The summed E-state index contributed by atoms with van der Waals surface area (Å²) in [6.45, 7) is 2.10. The molecule has 1 aliphatic rings. The standard InChI is InChI=1S/C20H32O6S/c1-2-3-5-8-14(21)10-11-15-17(22)13-16(20(25)26)19(15)27-12-7-4-6-9-18(23)24/h10-11,14-15,17,21-22H,2-9,12-13H2,1H3,(H,23,24)(H,25,26)/t14-,15-,17+/m0/s1. The molecule has 0 spiro atoms. The fourth-order valence-corrected chi connectivity index (χ4v) is 4.43. The molecular formula is C20H32O6S. The lowest BCUT2D eigenvalue weighted by Gasteiger charge is -2.15. The number of aliphatic carboxylic acids is 2. The van der Waals surface area contributed by atoms with E-state index in [0.717, 1.165) is 32.1 Å². The van der Waals surface area contributed by atoms with Crippen LogP contribution in [-0.4, -0.2) is 50.3 Å². The van der Waals surface area contributed by atoms with Gasteiger partial charge in [-0.1, -0.05) is 44.8 Å². The second-order valence-electron chi connectivity index (χ2n) is 6.95. The Balaban J connectivity index is 2.62. The molecule has 0 unspecified atom stereocenters. The Kier molecular flexibility index (Phi) is 11.4. The summed E-state index contributed by atoms with van der Waals surface area (Å²) in [7, 11) is 0. The summed E-state index contributed by atoms with van der Waals surface area (Å²) in [6.07, 6.45) is 8.20. The number of aliphatic hydroxyl groups is 2. The third-order valence-electron chi connectivity index (χ3n) is 4.62. The van der Waals surface area contributed by atoms with Crippen molar-refractivity contribution in [2.75, 3.05) is 5.75 Å². The molecule has 0 aliphatic heterocycles. The molecule has 3 atom stereocenters. The highest BCUT2D eigenvalue weighted by atomic mass is 32.2. The molecule has 0 amide bonds. The molecule has 1 rings (SSSR count). The molecule has 0 aromatic heterocycles. The van der Waals surface area contributed by atoms with Crippen molar-refractivity contribution in [3.8, 4) is 0 Å². The second-order valence-corrected chi connectivity index (χ2v) is 8.08. The highest BCUT2D eigenvalue weighted by Crippen LogP contribution is 2.41. The molecule has 7 heteroatoms. The number of unbranched alkanes of at least 4 members (excludes halogenated alkanes) is 4. The van der Waals surface area contributed by atoms with Crippen LogP contribution in [0, 0.1) is 5.92 Å². The van der Waals surface area contributed by atoms with Crippen LogP contribution in [0.25, 0.3) is 0 Å². The van der Waals surface area contributed by atoms with Crippen molar-refractivity contribution in [1.29, 1.82) is 0 Å². The Hall–Kier alpha value is -1.31. The summed E-state index contributed by atoms with van der Waals surface area (Å²) in [4.78, 5) is 22.7. The van der Waals surface area contributed by atoms with Crippen molar-refractivity contribution < 1.29 is 30.0 Å². The summed E-state index contributed by atoms with van der Waals surface area (Å²) < 4.78 is 0. The lowest BCUT2D eigenvalue weighted by Crippen LogP contribution is -2.14. The smallest absolute Gasteiger partial charge is 0.332 e. The fourth-order valence-electron chi connectivity index (χ4n) is 3.09. The number of carboxylic acid groups (broad SMARTS) is 2. The van der Waals surface area contributed by atoms with Crippen LogP contribution >= 0.6 is 11.8 Å². The number of thioether (sulfide) groups is 1. The lowest BCUT2D eigenvalue weighted by molar-refractivity contribution is -0.137. The zero-order valence-corrected chi connectivity index (χ0v) is 16.8. The van der Waals surface area contributed by atoms with Crippen LogP contribution in [0.3, 0.4) is 0 Å². The topological polar surface area (TPSA) is 115 Å². The SMILES string of the molecule is CCCCC[C@H](O)C=C[C@@H]1C(SCCCCCC(=O)O)=C(C(=O)O)C[C@H]1O. The summed E-state index contributed by atoms with van der Waals surface area (Å²) in [6, 6.07) is 0. The van der Waals surface area contributed by atoms with Gasteiger partial charge in [-0.3, -0.25) is 4.79 Å². The first-order valence-electron chi connectivity index (χ1n) is 9.72. The Morgan fingerprint density at radius 1 is 1.19 bits per heavy atom. The van der Waals surface area contributed by atoms with E-state index in [0.29, 0.717) is 23.5 Å². The van der Waals surface area contributed by atoms with Gasteiger partial charge < -0.3 is 20.4 Å². The van der Waals surface area contributed by atoms with E-state index in [1.807, 2.05) is 0 Å². The van der Waals surface area contributed by atoms with Crippen molar-refractivity contribution in [3.63, 3.8) is 0 Å². The zero-order chi connectivity index (χ0) is 20.2. The van der Waals surface area contributed by atoms with Crippen LogP contribution in [0.4, 0.5) is 0 Å². The van der Waals surface area contributed by atoms with Crippen molar-refractivity contribution in [3.05, 3.63) is 22.6 Å². The average Bonchev–Trinajstić information content (AvgIpc) is 2.92. The van der Waals surface area contributed by atoms with Crippen LogP contribution in [-0.2, 0) is 9.59 Å². The summed E-state index contributed by atoms with van der Waals surface area (Å²) >= 11 is 1.42. The van der Waals surface area contributed by atoms with E-state index in [1.165, 1.54) is 11.8 Å². The number of rotatable bonds is 14. The first-order valence-corrected chi connectivity index (χ1v) is 10.7. The van der Waals surface area contributed by atoms with Crippen molar-refractivity contribution >= 4 is 23.7 Å². The van der Waals surface area contributed by atoms with E-state index in [9.17, 15) is 24.9 Å². The summed E-state index contributed by atoms with van der Waals surface area (Å²) in [5.41, 5.74) is 0.244. The maximum absolute atomic E-state index is 11.5. The average molecular weight is 401 g/mol. The van der Waals surface area contributed by atoms with E-state index in [2.05, 4.69) is 6.92 Å². The van der Waals surface area contributed by atoms with Crippen LogP contribution in [0.5, 0.6) is 0 Å². The van der Waals surface area contributed by atoms with Gasteiger partial charge >= 0.3 is 11.9 Å². The van der Waals surface area contributed by atoms with E-state index in [-0.39, 0.29) is 18.4 Å². The lowest BCUT2D eigenvalue weighted by atomic mass is 10.0. The predicted octanol–water partition coefficient (Wildman–Crippen LogP) is 3.58. The molecule has 4 N–H and O–H groups in total. The molecule has 0 aromatic carbocycles. The third kappa shape index (κ3) is 8.95. The van der Waals surface area contributed by atoms with Crippen molar-refractivity contribution in [2.24, 2.45) is 5.92 Å². The van der Waals surface area contributed by atoms with Gasteiger partial charge in [0, 0.05) is 29.2 Å². The fraction of sp³-hybridized carbons (Fsp3) is 0.700. The van der Waals surface area contributed by atoms with E-state index < -0.39 is 30.1 Å². The Morgan fingerprint density at radius 2 is 1.93 bits per heavy atom. The monoisotopic (exact) mass is 400 g/mol. The number of carbonyl (C=O) groups is 2. The molecule has 0 saturated heterocycles. The highest BCUT2D eigenvalue weighted by molar-refractivity contribution is 8.03. The van der Waals surface area contributed by atoms with Gasteiger partial charge in [-0.25, -0.2) is 4.79 Å². The van der Waals surface area contributed by atoms with Crippen LogP contribution in [0.1, 0.15) is 64.7 Å². The molecule has 0 heterocycles. The van der Waals surface area contributed by atoms with E-state index >= 15 is 0 Å².